The molecule has 192 valence electrons. The van der Waals surface area contributed by atoms with Crippen molar-refractivity contribution in [3.63, 3.8) is 0 Å². The number of anilines is 1. The quantitative estimate of drug-likeness (QED) is 0.324. The molecule has 0 aliphatic carbocycles. The smallest absolute Gasteiger partial charge is 0.337 e. The van der Waals surface area contributed by atoms with E-state index < -0.39 is 17.7 Å². The molecule has 4 rings (SSSR count). The second-order valence-electron chi connectivity index (χ2n) is 8.15. The fourth-order valence-corrected chi connectivity index (χ4v) is 5.13. The molecule has 0 unspecified atom stereocenters. The van der Waals surface area contributed by atoms with Gasteiger partial charge in [0.2, 0.25) is 5.91 Å². The van der Waals surface area contributed by atoms with Crippen LogP contribution >= 0.6 is 23.4 Å². The minimum absolute atomic E-state index is 0.0447. The summed E-state index contributed by atoms with van der Waals surface area (Å²) < 4.78 is 18.6. The van der Waals surface area contributed by atoms with Crippen LogP contribution in [0.4, 0.5) is 10.1 Å². The van der Waals surface area contributed by atoms with Gasteiger partial charge in [0.1, 0.15) is 5.82 Å². The highest BCUT2D eigenvalue weighted by Gasteiger charge is 2.38. The number of halogens is 2. The SMILES string of the molecule is CCOC(=O)C1=C(c2ccccc2)NC(SCC(=O)Nc2ccc(F)cc2)=C(C#N)[C@@H]1c1ccccc1Cl. The molecular formula is C29H23ClFN3O3S. The fraction of sp³-hybridized carbons (Fsp3) is 0.138. The van der Waals surface area contributed by atoms with Gasteiger partial charge in [0.25, 0.3) is 0 Å². The molecule has 1 heterocycles. The van der Waals surface area contributed by atoms with Crippen molar-refractivity contribution in [2.24, 2.45) is 0 Å². The Morgan fingerprint density at radius 1 is 1.08 bits per heavy atom. The van der Waals surface area contributed by atoms with E-state index in [0.717, 1.165) is 11.8 Å². The van der Waals surface area contributed by atoms with Crippen LogP contribution in [-0.2, 0) is 14.3 Å². The molecule has 0 bridgehead atoms. The summed E-state index contributed by atoms with van der Waals surface area (Å²) in [6.45, 7) is 1.86. The van der Waals surface area contributed by atoms with E-state index in [1.54, 1.807) is 31.2 Å². The predicted octanol–water partition coefficient (Wildman–Crippen LogP) is 6.25. The summed E-state index contributed by atoms with van der Waals surface area (Å²) in [5, 5.41) is 17.0. The number of hydrogen-bond acceptors (Lipinski definition) is 6. The van der Waals surface area contributed by atoms with Gasteiger partial charge in [0.05, 0.1) is 46.2 Å². The fourth-order valence-electron chi connectivity index (χ4n) is 4.05. The Morgan fingerprint density at radius 3 is 2.42 bits per heavy atom. The third-order valence-corrected chi connectivity index (χ3v) is 7.06. The molecule has 0 aromatic heterocycles. The summed E-state index contributed by atoms with van der Waals surface area (Å²) in [6.07, 6.45) is 0. The third kappa shape index (κ3) is 6.08. The van der Waals surface area contributed by atoms with E-state index in [4.69, 9.17) is 16.3 Å². The summed E-state index contributed by atoms with van der Waals surface area (Å²) in [5.41, 5.74) is 2.68. The number of carbonyl (C=O) groups excluding carboxylic acids is 2. The van der Waals surface area contributed by atoms with Gasteiger partial charge in [0.15, 0.2) is 0 Å². The zero-order valence-corrected chi connectivity index (χ0v) is 21.9. The van der Waals surface area contributed by atoms with Crippen molar-refractivity contribution in [2.45, 2.75) is 12.8 Å². The van der Waals surface area contributed by atoms with Crippen LogP contribution in [0.25, 0.3) is 5.70 Å². The maximum absolute atomic E-state index is 13.3. The molecule has 0 spiro atoms. The van der Waals surface area contributed by atoms with Crippen LogP contribution in [0.2, 0.25) is 5.02 Å². The molecule has 2 N–H and O–H groups in total. The van der Waals surface area contributed by atoms with E-state index in [2.05, 4.69) is 16.7 Å². The lowest BCUT2D eigenvalue weighted by molar-refractivity contribution is -0.138. The number of hydrogen-bond donors (Lipinski definition) is 2. The van der Waals surface area contributed by atoms with Gasteiger partial charge in [-0.25, -0.2) is 9.18 Å². The van der Waals surface area contributed by atoms with E-state index in [1.807, 2.05) is 30.3 Å². The normalized spacial score (nSPS) is 14.9. The first-order valence-corrected chi connectivity index (χ1v) is 13.1. The monoisotopic (exact) mass is 547 g/mol. The van der Waals surface area contributed by atoms with Gasteiger partial charge in [-0.2, -0.15) is 5.26 Å². The Morgan fingerprint density at radius 2 is 1.76 bits per heavy atom. The number of esters is 1. The van der Waals surface area contributed by atoms with Gasteiger partial charge in [-0.15, -0.1) is 0 Å². The molecule has 9 heteroatoms. The number of rotatable bonds is 8. The number of dihydropyridines is 1. The lowest BCUT2D eigenvalue weighted by Gasteiger charge is -2.31. The van der Waals surface area contributed by atoms with Crippen LogP contribution in [0.1, 0.15) is 24.0 Å². The molecule has 6 nitrogen and oxygen atoms in total. The van der Waals surface area contributed by atoms with Crippen molar-refractivity contribution in [2.75, 3.05) is 17.7 Å². The minimum atomic E-state index is -0.827. The molecule has 1 amide bonds. The highest BCUT2D eigenvalue weighted by Crippen LogP contribution is 2.45. The van der Waals surface area contributed by atoms with Crippen LogP contribution in [0.5, 0.6) is 0 Å². The standard InChI is InChI=1S/C29H23ClFN3O3S/c1-2-37-29(36)26-25(21-10-6-7-11-23(21)30)22(16-32)28(34-27(26)18-8-4-3-5-9-18)38-17-24(35)33-20-14-12-19(31)13-15-20/h3-15,25,34H,2,17H2,1H3,(H,33,35)/t25-/m0/s1. The molecule has 1 aliphatic rings. The van der Waals surface area contributed by atoms with Crippen molar-refractivity contribution in [3.8, 4) is 6.07 Å². The lowest BCUT2D eigenvalue weighted by atomic mass is 9.81. The predicted molar refractivity (Wildman–Crippen MR) is 147 cm³/mol. The van der Waals surface area contributed by atoms with E-state index in [1.165, 1.54) is 24.3 Å². The molecule has 0 radical (unpaired) electrons. The van der Waals surface area contributed by atoms with Gasteiger partial charge in [-0.05, 0) is 48.4 Å². The maximum Gasteiger partial charge on any atom is 0.337 e. The van der Waals surface area contributed by atoms with Crippen molar-refractivity contribution < 1.29 is 18.7 Å². The molecule has 1 atom stereocenters. The average molecular weight is 548 g/mol. The van der Waals surface area contributed by atoms with Crippen molar-refractivity contribution >= 4 is 46.6 Å². The summed E-state index contributed by atoms with van der Waals surface area (Å²) in [7, 11) is 0. The molecule has 3 aromatic rings. The second kappa shape index (κ2) is 12.5. The minimum Gasteiger partial charge on any atom is -0.463 e. The topological polar surface area (TPSA) is 91.2 Å². The zero-order valence-electron chi connectivity index (χ0n) is 20.3. The Kier molecular flexibility index (Phi) is 8.85. The van der Waals surface area contributed by atoms with Gasteiger partial charge in [0, 0.05) is 10.7 Å². The van der Waals surface area contributed by atoms with Gasteiger partial charge < -0.3 is 15.4 Å². The van der Waals surface area contributed by atoms with E-state index in [0.29, 0.717) is 32.6 Å². The number of benzene rings is 3. The van der Waals surface area contributed by atoms with Gasteiger partial charge in [-0.3, -0.25) is 4.79 Å². The number of thioether (sulfide) groups is 1. The lowest BCUT2D eigenvalue weighted by Crippen LogP contribution is -2.30. The maximum atomic E-state index is 13.3. The molecule has 0 fully saturated rings. The van der Waals surface area contributed by atoms with Crippen LogP contribution in [0.15, 0.2) is 95.0 Å². The van der Waals surface area contributed by atoms with Crippen molar-refractivity contribution in [1.29, 1.82) is 5.26 Å². The van der Waals surface area contributed by atoms with Crippen LogP contribution in [0.3, 0.4) is 0 Å². The zero-order chi connectivity index (χ0) is 27.1. The summed E-state index contributed by atoms with van der Waals surface area (Å²) in [4.78, 5) is 26.0. The number of nitriles is 1. The van der Waals surface area contributed by atoms with Gasteiger partial charge in [-0.1, -0.05) is 71.9 Å². The Hall–Kier alpha value is -4.06. The Balaban J connectivity index is 1.76. The summed E-state index contributed by atoms with van der Waals surface area (Å²) in [5.74, 6) is -2.20. The first-order chi connectivity index (χ1) is 18.4. The third-order valence-electron chi connectivity index (χ3n) is 5.70. The first-order valence-electron chi connectivity index (χ1n) is 11.7. The van der Waals surface area contributed by atoms with E-state index in [-0.39, 0.29) is 29.4 Å². The van der Waals surface area contributed by atoms with E-state index >= 15 is 0 Å². The average Bonchev–Trinajstić information content (AvgIpc) is 2.93. The Labute approximate surface area is 229 Å². The van der Waals surface area contributed by atoms with Crippen LogP contribution in [-0.4, -0.2) is 24.2 Å². The number of carbonyl (C=O) groups is 2. The molecule has 1 aliphatic heterocycles. The first kappa shape index (κ1) is 27.0. The van der Waals surface area contributed by atoms with Crippen LogP contribution in [0, 0.1) is 17.1 Å². The molecule has 0 saturated heterocycles. The number of amides is 1. The molecule has 0 saturated carbocycles. The Bertz CT molecular complexity index is 1450. The van der Waals surface area contributed by atoms with Crippen molar-refractivity contribution in [1.82, 2.24) is 5.32 Å². The number of nitrogens with one attached hydrogen (secondary N) is 2. The number of nitrogens with zero attached hydrogens (tertiary/aromatic N) is 1. The van der Waals surface area contributed by atoms with Crippen LogP contribution < -0.4 is 10.6 Å². The molecule has 38 heavy (non-hydrogen) atoms. The van der Waals surface area contributed by atoms with Crippen molar-refractivity contribution in [3.05, 3.63) is 117 Å². The molecular weight excluding hydrogens is 525 g/mol. The number of allylic oxidation sites excluding steroid dienone is 1. The van der Waals surface area contributed by atoms with Gasteiger partial charge >= 0.3 is 5.97 Å². The molecule has 3 aromatic carbocycles. The number of ether oxygens (including phenoxy) is 1. The summed E-state index contributed by atoms with van der Waals surface area (Å²) >= 11 is 7.69. The second-order valence-corrected chi connectivity index (χ2v) is 9.55. The largest absolute Gasteiger partial charge is 0.463 e. The highest BCUT2D eigenvalue weighted by atomic mass is 35.5. The summed E-state index contributed by atoms with van der Waals surface area (Å²) in [6, 6.07) is 23.9. The highest BCUT2D eigenvalue weighted by molar-refractivity contribution is 8.03. The van der Waals surface area contributed by atoms with E-state index in [9.17, 15) is 19.2 Å².